The van der Waals surface area contributed by atoms with E-state index in [1.165, 1.54) is 18.2 Å². The molecule has 0 radical (unpaired) electrons. The second kappa shape index (κ2) is 7.88. The Balaban J connectivity index is 1.90. The van der Waals surface area contributed by atoms with Crippen molar-refractivity contribution in [1.82, 2.24) is 0 Å². The Hall–Kier alpha value is -3.07. The van der Waals surface area contributed by atoms with Crippen LogP contribution in [0.15, 0.2) is 45.6 Å². The number of hydrogen-bond acceptors (Lipinski definition) is 8. The summed E-state index contributed by atoms with van der Waals surface area (Å²) in [4.78, 5) is 13.4. The van der Waals surface area contributed by atoms with Gasteiger partial charge in [0.05, 0.1) is 17.9 Å². The van der Waals surface area contributed by atoms with E-state index in [0.717, 1.165) is 0 Å². The highest BCUT2D eigenvalue weighted by molar-refractivity contribution is 5.86. The van der Waals surface area contributed by atoms with Crippen LogP contribution < -0.4 is 11.2 Å². The average Bonchev–Trinajstić information content (AvgIpc) is 2.74. The molecule has 4 unspecified atom stereocenters. The zero-order chi connectivity index (χ0) is 22.4. The van der Waals surface area contributed by atoms with E-state index < -0.39 is 29.7 Å². The highest BCUT2D eigenvalue weighted by Gasteiger charge is 2.41. The molecule has 7 N–H and O–H groups in total. The fourth-order valence-electron chi connectivity index (χ4n) is 4.41. The fourth-order valence-corrected chi connectivity index (χ4v) is 4.41. The van der Waals surface area contributed by atoms with E-state index in [1.54, 1.807) is 25.1 Å². The van der Waals surface area contributed by atoms with Crippen molar-refractivity contribution in [2.45, 2.75) is 38.1 Å². The first-order chi connectivity index (χ1) is 14.7. The van der Waals surface area contributed by atoms with E-state index in [0.29, 0.717) is 12.0 Å². The number of fused-ring (bicyclic) bond motifs is 1. The van der Waals surface area contributed by atoms with Crippen LogP contribution in [-0.2, 0) is 6.42 Å². The summed E-state index contributed by atoms with van der Waals surface area (Å²) in [5.74, 6) is -0.933. The molecular weight excluding hydrogens is 402 g/mol. The maximum atomic E-state index is 13.4. The van der Waals surface area contributed by atoms with Crippen LogP contribution in [0.25, 0.3) is 22.3 Å². The molecule has 0 saturated heterocycles. The summed E-state index contributed by atoms with van der Waals surface area (Å²) in [6.45, 7) is 1.77. The Labute approximate surface area is 177 Å². The Kier molecular flexibility index (Phi) is 5.38. The predicted molar refractivity (Wildman–Crippen MR) is 115 cm³/mol. The average molecular weight is 427 g/mol. The van der Waals surface area contributed by atoms with E-state index in [1.807, 2.05) is 0 Å². The van der Waals surface area contributed by atoms with Crippen molar-refractivity contribution in [1.29, 1.82) is 0 Å². The monoisotopic (exact) mass is 427 g/mol. The minimum absolute atomic E-state index is 0.0203. The van der Waals surface area contributed by atoms with Gasteiger partial charge in [-0.2, -0.15) is 0 Å². The summed E-state index contributed by atoms with van der Waals surface area (Å²) < 4.78 is 6.00. The first-order valence-corrected chi connectivity index (χ1v) is 10.1. The third-order valence-corrected chi connectivity index (χ3v) is 6.19. The molecule has 1 aliphatic rings. The van der Waals surface area contributed by atoms with Gasteiger partial charge in [-0.15, -0.1) is 0 Å². The summed E-state index contributed by atoms with van der Waals surface area (Å²) in [7, 11) is 0. The first-order valence-electron chi connectivity index (χ1n) is 10.1. The van der Waals surface area contributed by atoms with Crippen LogP contribution in [0.1, 0.15) is 18.9 Å². The third-order valence-electron chi connectivity index (χ3n) is 6.19. The molecule has 2 aromatic carbocycles. The number of hydrogen-bond donors (Lipinski definition) is 6. The van der Waals surface area contributed by atoms with E-state index in [9.17, 15) is 30.3 Å². The van der Waals surface area contributed by atoms with Gasteiger partial charge in [-0.05, 0) is 55.0 Å². The van der Waals surface area contributed by atoms with Gasteiger partial charge in [0.2, 0.25) is 0 Å². The molecule has 3 aromatic rings. The van der Waals surface area contributed by atoms with Crippen LogP contribution in [0.5, 0.6) is 11.5 Å². The number of aliphatic hydroxyl groups excluding tert-OH is 3. The van der Waals surface area contributed by atoms with Crippen LogP contribution in [0.3, 0.4) is 0 Å². The highest BCUT2D eigenvalue weighted by atomic mass is 16.4. The number of phenolic OH excluding ortho intramolecular Hbond substituents is 2. The number of aliphatic hydroxyl groups is 3. The lowest BCUT2D eigenvalue weighted by Crippen LogP contribution is -2.51. The van der Waals surface area contributed by atoms with Crippen molar-refractivity contribution >= 4 is 16.7 Å². The number of nitrogen functional groups attached to an aromatic ring is 1. The van der Waals surface area contributed by atoms with Crippen LogP contribution in [-0.4, -0.2) is 43.8 Å². The zero-order valence-electron chi connectivity index (χ0n) is 16.9. The SMILES string of the molecule is CC1CC(Cc2c(-c3ccc(O)c(N)c3)oc3cccc(O)c3c2=O)[C@H](O)C(O)C1O. The lowest BCUT2D eigenvalue weighted by Gasteiger charge is -2.39. The first kappa shape index (κ1) is 21.2. The molecule has 1 heterocycles. The van der Waals surface area contributed by atoms with Gasteiger partial charge in [0.1, 0.15) is 34.3 Å². The summed E-state index contributed by atoms with van der Waals surface area (Å²) in [6.07, 6.45) is -3.18. The molecule has 0 spiro atoms. The van der Waals surface area contributed by atoms with Crippen LogP contribution in [0.2, 0.25) is 0 Å². The molecular formula is C23H25NO7. The Morgan fingerprint density at radius 1 is 1.03 bits per heavy atom. The van der Waals surface area contributed by atoms with Gasteiger partial charge in [-0.25, -0.2) is 0 Å². The highest BCUT2D eigenvalue weighted by Crippen LogP contribution is 2.37. The molecule has 0 amide bonds. The second-order valence-electron chi connectivity index (χ2n) is 8.31. The topological polar surface area (TPSA) is 157 Å². The molecule has 4 rings (SSSR count). The minimum Gasteiger partial charge on any atom is -0.507 e. The number of nitrogens with two attached hydrogens (primary N) is 1. The summed E-state index contributed by atoms with van der Waals surface area (Å²) in [5, 5.41) is 50.9. The van der Waals surface area contributed by atoms with E-state index in [-0.39, 0.29) is 51.8 Å². The summed E-state index contributed by atoms with van der Waals surface area (Å²) >= 11 is 0. The predicted octanol–water partition coefficient (Wildman–Crippen LogP) is 1.73. The van der Waals surface area contributed by atoms with Gasteiger partial charge in [0.25, 0.3) is 0 Å². The number of anilines is 1. The molecule has 1 saturated carbocycles. The molecule has 8 nitrogen and oxygen atoms in total. The van der Waals surface area contributed by atoms with Gasteiger partial charge in [0.15, 0.2) is 5.43 Å². The van der Waals surface area contributed by atoms with Crippen LogP contribution >= 0.6 is 0 Å². The molecule has 0 bridgehead atoms. The quantitative estimate of drug-likeness (QED) is 0.272. The maximum absolute atomic E-state index is 13.4. The van der Waals surface area contributed by atoms with Crippen LogP contribution in [0, 0.1) is 11.8 Å². The van der Waals surface area contributed by atoms with Gasteiger partial charge in [-0.1, -0.05) is 13.0 Å². The summed E-state index contributed by atoms with van der Waals surface area (Å²) in [5.41, 5.74) is 6.32. The number of phenols is 2. The molecule has 31 heavy (non-hydrogen) atoms. The van der Waals surface area contributed by atoms with Crippen LogP contribution in [0.4, 0.5) is 5.69 Å². The van der Waals surface area contributed by atoms with E-state index >= 15 is 0 Å². The Morgan fingerprint density at radius 2 is 1.77 bits per heavy atom. The minimum atomic E-state index is -1.33. The second-order valence-corrected chi connectivity index (χ2v) is 8.31. The molecule has 164 valence electrons. The van der Waals surface area contributed by atoms with Gasteiger partial charge >= 0.3 is 0 Å². The van der Waals surface area contributed by atoms with Crippen molar-refractivity contribution in [2.24, 2.45) is 11.8 Å². The number of aromatic hydroxyl groups is 2. The number of rotatable bonds is 3. The molecule has 1 aromatic heterocycles. The van der Waals surface area contributed by atoms with Gasteiger partial charge in [0, 0.05) is 11.1 Å². The maximum Gasteiger partial charge on any atom is 0.200 e. The lowest BCUT2D eigenvalue weighted by molar-refractivity contribution is -0.131. The molecule has 8 heteroatoms. The fraction of sp³-hybridized carbons (Fsp3) is 0.348. The van der Waals surface area contributed by atoms with E-state index in [4.69, 9.17) is 10.2 Å². The van der Waals surface area contributed by atoms with Crippen molar-refractivity contribution in [3.8, 4) is 22.8 Å². The molecule has 1 aliphatic carbocycles. The molecule has 5 atom stereocenters. The number of benzene rings is 2. The Morgan fingerprint density at radius 3 is 2.48 bits per heavy atom. The molecule has 0 aliphatic heterocycles. The summed E-state index contributed by atoms with van der Waals surface area (Å²) in [6, 6.07) is 8.92. The molecule has 1 fully saturated rings. The van der Waals surface area contributed by atoms with Crippen molar-refractivity contribution < 1.29 is 29.9 Å². The van der Waals surface area contributed by atoms with Crippen molar-refractivity contribution in [3.05, 3.63) is 52.2 Å². The van der Waals surface area contributed by atoms with Gasteiger partial charge < -0.3 is 35.7 Å². The third kappa shape index (κ3) is 3.63. The largest absolute Gasteiger partial charge is 0.507 e. The van der Waals surface area contributed by atoms with Crippen molar-refractivity contribution in [3.63, 3.8) is 0 Å². The Bertz CT molecular complexity index is 1190. The van der Waals surface area contributed by atoms with Crippen molar-refractivity contribution in [2.75, 3.05) is 5.73 Å². The standard InChI is InChI=1S/C23H25NO7/c1-10-7-12(20(28)22(30)19(10)27)8-13-21(29)18-16(26)3-2-4-17(18)31-23(13)11-5-6-15(25)14(24)9-11/h2-6,9-10,12,19-20,22,25-28,30H,7-8,24H2,1H3/t10?,12?,19?,20-,22?/m0/s1. The smallest absolute Gasteiger partial charge is 0.200 e. The zero-order valence-corrected chi connectivity index (χ0v) is 16.9. The lowest BCUT2D eigenvalue weighted by atomic mass is 9.74. The normalized spacial score (nSPS) is 26.3. The van der Waals surface area contributed by atoms with Gasteiger partial charge in [-0.3, -0.25) is 4.79 Å². The van der Waals surface area contributed by atoms with E-state index in [2.05, 4.69) is 0 Å².